The molecule has 9 nitrogen and oxygen atoms in total. The van der Waals surface area contributed by atoms with Crippen molar-refractivity contribution in [2.75, 3.05) is 5.32 Å². The van der Waals surface area contributed by atoms with Gasteiger partial charge in [-0.15, -0.1) is 0 Å². The third-order valence-electron chi connectivity index (χ3n) is 4.59. The van der Waals surface area contributed by atoms with E-state index in [1.165, 1.54) is 12.1 Å². The van der Waals surface area contributed by atoms with Gasteiger partial charge in [0.1, 0.15) is 11.4 Å². The first-order valence-electron chi connectivity index (χ1n) is 9.86. The number of hydrogen-bond donors (Lipinski definition) is 2. The number of carbonyl (C=O) groups excluding carboxylic acids is 2. The lowest BCUT2D eigenvalue weighted by Gasteiger charge is -2.27. The number of nitro benzene ring substituents is 1. The zero-order valence-electron chi connectivity index (χ0n) is 17.8. The number of amides is 2. The molecule has 2 N–H and O–H groups in total. The van der Waals surface area contributed by atoms with E-state index in [-0.39, 0.29) is 18.0 Å². The Morgan fingerprint density at radius 2 is 2.03 bits per heavy atom. The molecular formula is C22H25N3O6. The third kappa shape index (κ3) is 5.71. The summed E-state index contributed by atoms with van der Waals surface area (Å²) in [7, 11) is 0. The van der Waals surface area contributed by atoms with Gasteiger partial charge in [-0.3, -0.25) is 14.9 Å². The van der Waals surface area contributed by atoms with Gasteiger partial charge in [-0.25, -0.2) is 4.79 Å². The Balaban J connectivity index is 1.91. The lowest BCUT2D eigenvalue weighted by atomic mass is 9.97. The van der Waals surface area contributed by atoms with Crippen molar-refractivity contribution in [1.82, 2.24) is 5.32 Å². The molecule has 1 heterocycles. The fourth-order valence-corrected chi connectivity index (χ4v) is 3.18. The second-order valence-electron chi connectivity index (χ2n) is 8.33. The first kappa shape index (κ1) is 22.1. The Kier molecular flexibility index (Phi) is 6.14. The predicted molar refractivity (Wildman–Crippen MR) is 114 cm³/mol. The van der Waals surface area contributed by atoms with Crippen LogP contribution in [0.1, 0.15) is 44.9 Å². The van der Waals surface area contributed by atoms with Gasteiger partial charge >= 0.3 is 6.09 Å². The van der Waals surface area contributed by atoms with Gasteiger partial charge in [0, 0.05) is 12.1 Å². The van der Waals surface area contributed by atoms with E-state index in [1.54, 1.807) is 58.0 Å². The van der Waals surface area contributed by atoms with E-state index in [0.717, 1.165) is 0 Å². The topological polar surface area (TPSA) is 120 Å². The maximum Gasteiger partial charge on any atom is 0.408 e. The van der Waals surface area contributed by atoms with Crippen LogP contribution in [-0.2, 0) is 16.0 Å². The van der Waals surface area contributed by atoms with Crippen molar-refractivity contribution >= 4 is 23.4 Å². The number of non-ortho nitro benzene ring substituents is 1. The van der Waals surface area contributed by atoms with Gasteiger partial charge in [0.25, 0.3) is 11.6 Å². The highest BCUT2D eigenvalue weighted by Crippen LogP contribution is 2.33. The van der Waals surface area contributed by atoms with Crippen LogP contribution in [0.25, 0.3) is 0 Å². The first-order valence-corrected chi connectivity index (χ1v) is 9.86. The van der Waals surface area contributed by atoms with Crippen LogP contribution in [0.3, 0.4) is 0 Å². The van der Waals surface area contributed by atoms with Crippen molar-refractivity contribution in [3.8, 4) is 5.75 Å². The number of anilines is 1. The number of hydrogen-bond acceptors (Lipinski definition) is 6. The second-order valence-corrected chi connectivity index (χ2v) is 8.33. The smallest absolute Gasteiger partial charge is 0.408 e. The Morgan fingerprint density at radius 3 is 2.71 bits per heavy atom. The van der Waals surface area contributed by atoms with Crippen molar-refractivity contribution in [2.45, 2.75) is 51.9 Å². The van der Waals surface area contributed by atoms with Gasteiger partial charge in [-0.1, -0.05) is 18.2 Å². The molecular weight excluding hydrogens is 402 g/mol. The van der Waals surface area contributed by atoms with Crippen LogP contribution < -0.4 is 15.4 Å². The number of nitrogens with one attached hydrogen (secondary N) is 2. The number of benzene rings is 2. The number of fused-ring (bicyclic) bond motifs is 1. The van der Waals surface area contributed by atoms with Crippen molar-refractivity contribution in [2.24, 2.45) is 0 Å². The number of nitro groups is 1. The van der Waals surface area contributed by atoms with Gasteiger partial charge < -0.3 is 20.1 Å². The zero-order valence-corrected chi connectivity index (χ0v) is 17.8. The molecule has 0 bridgehead atoms. The number of alkyl carbamates (subject to hydrolysis) is 1. The summed E-state index contributed by atoms with van der Waals surface area (Å²) < 4.78 is 11.0. The Hall–Kier alpha value is -3.62. The quantitative estimate of drug-likeness (QED) is 0.547. The van der Waals surface area contributed by atoms with Crippen LogP contribution in [0.4, 0.5) is 16.2 Å². The van der Waals surface area contributed by atoms with Crippen LogP contribution in [0, 0.1) is 10.1 Å². The van der Waals surface area contributed by atoms with Gasteiger partial charge in [-0.2, -0.15) is 0 Å². The van der Waals surface area contributed by atoms with E-state index in [2.05, 4.69) is 10.6 Å². The highest BCUT2D eigenvalue weighted by molar-refractivity contribution is 5.97. The van der Waals surface area contributed by atoms with Crippen LogP contribution in [0.15, 0.2) is 42.5 Å². The SMILES string of the molecule is CC1Oc2ccc(C(Cc3cccc([N+](=O)[O-])c3)NC(=O)OC(C)(C)C)cc2NC1=O. The average Bonchev–Trinajstić information content (AvgIpc) is 2.67. The Labute approximate surface area is 179 Å². The maximum absolute atomic E-state index is 12.5. The molecule has 1 aliphatic heterocycles. The minimum atomic E-state index is -0.687. The van der Waals surface area contributed by atoms with E-state index in [1.807, 2.05) is 0 Å². The van der Waals surface area contributed by atoms with Crippen LogP contribution in [-0.4, -0.2) is 28.6 Å². The molecule has 0 fully saturated rings. The van der Waals surface area contributed by atoms with Gasteiger partial charge in [0.15, 0.2) is 6.10 Å². The molecule has 2 aromatic rings. The molecule has 0 aromatic heterocycles. The van der Waals surface area contributed by atoms with Gasteiger partial charge in [-0.05, 0) is 57.4 Å². The minimum absolute atomic E-state index is 0.0337. The van der Waals surface area contributed by atoms with E-state index in [0.29, 0.717) is 22.6 Å². The average molecular weight is 427 g/mol. The standard InChI is InChI=1S/C22H25N3O6/c1-13-20(26)23-18-12-15(8-9-19(18)30-13)17(24-21(27)31-22(2,3)4)11-14-6-5-7-16(10-14)25(28)29/h5-10,12-13,17H,11H2,1-4H3,(H,23,26)(H,24,27). The summed E-state index contributed by atoms with van der Waals surface area (Å²) in [6.07, 6.45) is -0.932. The van der Waals surface area contributed by atoms with Crippen LogP contribution >= 0.6 is 0 Å². The van der Waals surface area contributed by atoms with E-state index < -0.39 is 28.8 Å². The van der Waals surface area contributed by atoms with Gasteiger partial charge in [0.05, 0.1) is 16.7 Å². The molecule has 0 radical (unpaired) electrons. The number of nitrogens with zero attached hydrogens (tertiary/aromatic N) is 1. The molecule has 9 heteroatoms. The molecule has 2 unspecified atom stereocenters. The second kappa shape index (κ2) is 8.63. The highest BCUT2D eigenvalue weighted by Gasteiger charge is 2.26. The molecule has 0 aliphatic carbocycles. The molecule has 2 aromatic carbocycles. The van der Waals surface area contributed by atoms with Crippen LogP contribution in [0.2, 0.25) is 0 Å². The van der Waals surface area contributed by atoms with Crippen molar-refractivity contribution in [1.29, 1.82) is 0 Å². The van der Waals surface area contributed by atoms with Crippen molar-refractivity contribution in [3.63, 3.8) is 0 Å². The molecule has 0 saturated carbocycles. The van der Waals surface area contributed by atoms with E-state index >= 15 is 0 Å². The summed E-state index contributed by atoms with van der Waals surface area (Å²) in [6, 6.07) is 10.9. The third-order valence-corrected chi connectivity index (χ3v) is 4.59. The highest BCUT2D eigenvalue weighted by atomic mass is 16.6. The fraction of sp³-hybridized carbons (Fsp3) is 0.364. The lowest BCUT2D eigenvalue weighted by molar-refractivity contribution is -0.384. The maximum atomic E-state index is 12.5. The molecule has 1 aliphatic rings. The van der Waals surface area contributed by atoms with Crippen LogP contribution in [0.5, 0.6) is 5.75 Å². The first-order chi connectivity index (χ1) is 14.5. The van der Waals surface area contributed by atoms with Gasteiger partial charge in [0.2, 0.25) is 0 Å². The number of rotatable bonds is 5. The van der Waals surface area contributed by atoms with Crippen molar-refractivity contribution in [3.05, 3.63) is 63.7 Å². The summed E-state index contributed by atoms with van der Waals surface area (Å²) in [5, 5.41) is 16.7. The summed E-state index contributed by atoms with van der Waals surface area (Å²) in [5.74, 6) is 0.266. The molecule has 0 saturated heterocycles. The van der Waals surface area contributed by atoms with E-state index in [4.69, 9.17) is 9.47 Å². The Morgan fingerprint density at radius 1 is 1.29 bits per heavy atom. The predicted octanol–water partition coefficient (Wildman–Crippen LogP) is 4.12. The number of carbonyl (C=O) groups is 2. The molecule has 0 spiro atoms. The zero-order chi connectivity index (χ0) is 22.8. The summed E-state index contributed by atoms with van der Waals surface area (Å²) in [4.78, 5) is 35.1. The van der Waals surface area contributed by atoms with Crippen molar-refractivity contribution < 1.29 is 24.0 Å². The van der Waals surface area contributed by atoms with E-state index in [9.17, 15) is 19.7 Å². The molecule has 164 valence electrons. The largest absolute Gasteiger partial charge is 0.479 e. The molecule has 3 rings (SSSR count). The minimum Gasteiger partial charge on any atom is -0.479 e. The molecule has 2 atom stereocenters. The summed E-state index contributed by atoms with van der Waals surface area (Å²) in [5.41, 5.74) is 1.13. The lowest BCUT2D eigenvalue weighted by Crippen LogP contribution is -2.36. The Bertz CT molecular complexity index is 1010. The molecule has 31 heavy (non-hydrogen) atoms. The summed E-state index contributed by atoms with van der Waals surface area (Å²) in [6.45, 7) is 6.93. The monoisotopic (exact) mass is 427 g/mol. The molecule has 2 amide bonds. The fourth-order valence-electron chi connectivity index (χ4n) is 3.18. The normalized spacial score (nSPS) is 16.4. The summed E-state index contributed by atoms with van der Waals surface area (Å²) >= 11 is 0. The number of ether oxygens (including phenoxy) is 2.